The Balaban J connectivity index is 1.93. The van der Waals surface area contributed by atoms with Gasteiger partial charge in [-0.05, 0) is 47.9 Å². The van der Waals surface area contributed by atoms with E-state index in [-0.39, 0.29) is 5.60 Å². The third kappa shape index (κ3) is 2.14. The molecule has 1 aromatic heterocycles. The van der Waals surface area contributed by atoms with Crippen molar-refractivity contribution in [3.63, 3.8) is 0 Å². The van der Waals surface area contributed by atoms with Crippen molar-refractivity contribution in [2.75, 3.05) is 12.8 Å². The number of hydrogen-bond acceptors (Lipinski definition) is 5. The van der Waals surface area contributed by atoms with Gasteiger partial charge in [-0.15, -0.1) is 5.10 Å². The maximum atomic E-state index is 14.0. The molecular formula is C13H16FN5O. The second-order valence-corrected chi connectivity index (χ2v) is 5.14. The third-order valence-electron chi connectivity index (χ3n) is 3.90. The van der Waals surface area contributed by atoms with Gasteiger partial charge in [0.05, 0.1) is 17.7 Å². The Kier molecular flexibility index (Phi) is 3.13. The van der Waals surface area contributed by atoms with Gasteiger partial charge >= 0.3 is 0 Å². The van der Waals surface area contributed by atoms with Gasteiger partial charge < -0.3 is 10.5 Å². The van der Waals surface area contributed by atoms with Gasteiger partial charge in [0.2, 0.25) is 0 Å². The third-order valence-corrected chi connectivity index (χ3v) is 3.90. The zero-order chi connectivity index (χ0) is 14.2. The summed E-state index contributed by atoms with van der Waals surface area (Å²) in [6.45, 7) is 0.523. The number of nitrogen functional groups attached to an aromatic ring is 1. The monoisotopic (exact) mass is 277 g/mol. The predicted molar refractivity (Wildman–Crippen MR) is 71.2 cm³/mol. The van der Waals surface area contributed by atoms with Crippen LogP contribution in [0.25, 0.3) is 11.4 Å². The van der Waals surface area contributed by atoms with Crippen LogP contribution in [0.5, 0.6) is 0 Å². The minimum absolute atomic E-state index is 0.228. The molecule has 1 fully saturated rings. The molecule has 0 unspecified atom stereocenters. The molecule has 7 heteroatoms. The molecule has 0 bridgehead atoms. The number of halogens is 1. The van der Waals surface area contributed by atoms with Gasteiger partial charge in [-0.25, -0.2) is 9.07 Å². The predicted octanol–water partition coefficient (Wildman–Crippen LogP) is 1.63. The van der Waals surface area contributed by atoms with E-state index in [0.29, 0.717) is 23.6 Å². The Bertz CT molecular complexity index is 617. The van der Waals surface area contributed by atoms with Crippen molar-refractivity contribution < 1.29 is 9.13 Å². The van der Waals surface area contributed by atoms with Crippen LogP contribution >= 0.6 is 0 Å². The standard InChI is InChI=1S/C13H16FN5O/c1-20-13(5-2-6-13)8-19-12(16-17-18-19)10-4-3-9(15)7-11(10)14/h3-4,7H,2,5-6,8,15H2,1H3. The van der Waals surface area contributed by atoms with Crippen LogP contribution in [0, 0.1) is 5.82 Å². The molecule has 20 heavy (non-hydrogen) atoms. The fourth-order valence-electron chi connectivity index (χ4n) is 2.49. The summed E-state index contributed by atoms with van der Waals surface area (Å²) in [7, 11) is 1.69. The van der Waals surface area contributed by atoms with Gasteiger partial charge in [0.25, 0.3) is 0 Å². The molecule has 6 nitrogen and oxygen atoms in total. The van der Waals surface area contributed by atoms with Crippen LogP contribution in [0.3, 0.4) is 0 Å². The van der Waals surface area contributed by atoms with Crippen molar-refractivity contribution >= 4 is 5.69 Å². The maximum absolute atomic E-state index is 14.0. The lowest BCUT2D eigenvalue weighted by atomic mass is 9.80. The van der Waals surface area contributed by atoms with E-state index in [1.54, 1.807) is 23.9 Å². The molecule has 2 aromatic rings. The van der Waals surface area contributed by atoms with Gasteiger partial charge in [0, 0.05) is 12.8 Å². The molecule has 0 atom stereocenters. The summed E-state index contributed by atoms with van der Waals surface area (Å²) >= 11 is 0. The fraction of sp³-hybridized carbons (Fsp3) is 0.462. The average molecular weight is 277 g/mol. The van der Waals surface area contributed by atoms with Crippen LogP contribution in [0.15, 0.2) is 18.2 Å². The average Bonchev–Trinajstić information content (AvgIpc) is 2.82. The summed E-state index contributed by atoms with van der Waals surface area (Å²) in [5, 5.41) is 11.5. The first-order valence-electron chi connectivity index (χ1n) is 6.50. The summed E-state index contributed by atoms with van der Waals surface area (Å²) in [4.78, 5) is 0. The minimum atomic E-state index is -0.430. The zero-order valence-corrected chi connectivity index (χ0v) is 11.2. The van der Waals surface area contributed by atoms with E-state index in [0.717, 1.165) is 19.3 Å². The van der Waals surface area contributed by atoms with Crippen LogP contribution in [-0.2, 0) is 11.3 Å². The molecule has 2 N–H and O–H groups in total. The normalized spacial score (nSPS) is 16.9. The molecule has 0 aliphatic heterocycles. The number of nitrogens with two attached hydrogens (primary N) is 1. The highest BCUT2D eigenvalue weighted by Gasteiger charge is 2.38. The molecule has 0 saturated heterocycles. The first-order valence-corrected chi connectivity index (χ1v) is 6.50. The van der Waals surface area contributed by atoms with Gasteiger partial charge in [-0.3, -0.25) is 0 Å². The maximum Gasteiger partial charge on any atom is 0.185 e. The molecule has 1 saturated carbocycles. The van der Waals surface area contributed by atoms with Crippen LogP contribution in [0.2, 0.25) is 0 Å². The lowest BCUT2D eigenvalue weighted by Gasteiger charge is -2.40. The Morgan fingerprint density at radius 2 is 2.25 bits per heavy atom. The van der Waals surface area contributed by atoms with Crippen molar-refractivity contribution in [1.29, 1.82) is 0 Å². The SMILES string of the molecule is COC1(Cn2nnnc2-c2ccc(N)cc2F)CCC1. The molecule has 106 valence electrons. The number of aromatic nitrogens is 4. The lowest BCUT2D eigenvalue weighted by molar-refractivity contribution is -0.0855. The molecule has 0 radical (unpaired) electrons. The van der Waals surface area contributed by atoms with Gasteiger partial charge in [0.1, 0.15) is 5.82 Å². The van der Waals surface area contributed by atoms with Crippen molar-refractivity contribution in [1.82, 2.24) is 20.2 Å². The first-order chi connectivity index (χ1) is 9.63. The Hall–Kier alpha value is -2.02. The van der Waals surface area contributed by atoms with Crippen LogP contribution in [0.1, 0.15) is 19.3 Å². The summed E-state index contributed by atoms with van der Waals surface area (Å²) < 4.78 is 21.1. The Labute approximate surface area is 115 Å². The number of anilines is 1. The largest absolute Gasteiger partial charge is 0.399 e. The Morgan fingerprint density at radius 3 is 2.85 bits per heavy atom. The summed E-state index contributed by atoms with van der Waals surface area (Å²) in [5.41, 5.74) is 6.04. The summed E-state index contributed by atoms with van der Waals surface area (Å²) in [5.74, 6) is -0.0352. The quantitative estimate of drug-likeness (QED) is 0.859. The molecule has 1 aliphatic rings. The van der Waals surface area contributed by atoms with Gasteiger partial charge in [-0.1, -0.05) is 0 Å². The fourth-order valence-corrected chi connectivity index (χ4v) is 2.49. The van der Waals surface area contributed by atoms with Crippen molar-refractivity contribution in [3.8, 4) is 11.4 Å². The first kappa shape index (κ1) is 13.0. The highest BCUT2D eigenvalue weighted by Crippen LogP contribution is 2.37. The number of tetrazole rings is 1. The van der Waals surface area contributed by atoms with E-state index < -0.39 is 5.82 Å². The molecule has 1 aliphatic carbocycles. The highest BCUT2D eigenvalue weighted by molar-refractivity contribution is 5.59. The van der Waals surface area contributed by atoms with E-state index in [4.69, 9.17) is 10.5 Å². The number of methoxy groups -OCH3 is 1. The molecule has 0 amide bonds. The lowest BCUT2D eigenvalue weighted by Crippen LogP contribution is -2.43. The van der Waals surface area contributed by atoms with E-state index >= 15 is 0 Å². The van der Waals surface area contributed by atoms with E-state index in [2.05, 4.69) is 15.5 Å². The highest BCUT2D eigenvalue weighted by atomic mass is 19.1. The molecule has 1 aromatic carbocycles. The number of benzene rings is 1. The second-order valence-electron chi connectivity index (χ2n) is 5.14. The number of nitrogens with zero attached hydrogens (tertiary/aromatic N) is 4. The molecule has 3 rings (SSSR count). The van der Waals surface area contributed by atoms with Crippen molar-refractivity contribution in [2.24, 2.45) is 0 Å². The minimum Gasteiger partial charge on any atom is -0.399 e. The smallest absolute Gasteiger partial charge is 0.185 e. The van der Waals surface area contributed by atoms with Crippen LogP contribution in [0.4, 0.5) is 10.1 Å². The second kappa shape index (κ2) is 4.82. The van der Waals surface area contributed by atoms with E-state index in [1.165, 1.54) is 6.07 Å². The molecule has 0 spiro atoms. The van der Waals surface area contributed by atoms with Gasteiger partial charge in [0.15, 0.2) is 5.82 Å². The van der Waals surface area contributed by atoms with Crippen molar-refractivity contribution in [3.05, 3.63) is 24.0 Å². The van der Waals surface area contributed by atoms with E-state index in [9.17, 15) is 4.39 Å². The van der Waals surface area contributed by atoms with Crippen LogP contribution < -0.4 is 5.73 Å². The zero-order valence-electron chi connectivity index (χ0n) is 11.2. The van der Waals surface area contributed by atoms with Crippen LogP contribution in [-0.4, -0.2) is 32.9 Å². The number of ether oxygens (including phenoxy) is 1. The summed E-state index contributed by atoms with van der Waals surface area (Å²) in [6, 6.07) is 4.49. The molecule has 1 heterocycles. The Morgan fingerprint density at radius 1 is 1.45 bits per heavy atom. The topological polar surface area (TPSA) is 78.8 Å². The van der Waals surface area contributed by atoms with Gasteiger partial charge in [-0.2, -0.15) is 0 Å². The van der Waals surface area contributed by atoms with Crippen molar-refractivity contribution in [2.45, 2.75) is 31.4 Å². The molecular weight excluding hydrogens is 261 g/mol. The van der Waals surface area contributed by atoms with E-state index in [1.807, 2.05) is 0 Å². The number of hydrogen-bond donors (Lipinski definition) is 1. The summed E-state index contributed by atoms with van der Waals surface area (Å²) in [6.07, 6.45) is 3.06. The number of rotatable bonds is 4.